The van der Waals surface area contributed by atoms with Crippen molar-refractivity contribution in [3.8, 4) is 0 Å². The van der Waals surface area contributed by atoms with Crippen molar-refractivity contribution in [2.45, 2.75) is 44.8 Å². The van der Waals surface area contributed by atoms with Crippen LogP contribution in [0.1, 0.15) is 44.8 Å². The first-order chi connectivity index (χ1) is 8.93. The Labute approximate surface area is 125 Å². The molecule has 19 heavy (non-hydrogen) atoms. The zero-order valence-corrected chi connectivity index (χ0v) is 13.0. The largest absolute Gasteiger partial charge is 0.386 e. The van der Waals surface area contributed by atoms with Crippen molar-refractivity contribution in [1.29, 1.82) is 0 Å². The molecule has 2 rings (SSSR count). The highest BCUT2D eigenvalue weighted by Crippen LogP contribution is 2.37. The van der Waals surface area contributed by atoms with Gasteiger partial charge >= 0.3 is 0 Å². The van der Waals surface area contributed by atoms with E-state index in [1.807, 2.05) is 0 Å². The Bertz CT molecular complexity index is 442. The Morgan fingerprint density at radius 2 is 1.79 bits per heavy atom. The third kappa shape index (κ3) is 3.25. The van der Waals surface area contributed by atoms with Crippen LogP contribution in [0.3, 0.4) is 0 Å². The number of halogens is 2. The Hall–Kier alpha value is -0.280. The quantitative estimate of drug-likeness (QED) is 0.900. The number of nitrogens with zero attached hydrogens (tertiary/aromatic N) is 1. The van der Waals surface area contributed by atoms with Gasteiger partial charge in [0.15, 0.2) is 0 Å². The van der Waals surface area contributed by atoms with Gasteiger partial charge in [0.1, 0.15) is 0 Å². The zero-order chi connectivity index (χ0) is 14.0. The average molecular weight is 302 g/mol. The van der Waals surface area contributed by atoms with Crippen molar-refractivity contribution in [1.82, 2.24) is 4.90 Å². The van der Waals surface area contributed by atoms with Crippen molar-refractivity contribution in [2.24, 2.45) is 0 Å². The molecule has 2 nitrogen and oxygen atoms in total. The summed E-state index contributed by atoms with van der Waals surface area (Å²) in [6.45, 7) is 6.20. The van der Waals surface area contributed by atoms with Crippen molar-refractivity contribution in [3.05, 3.63) is 33.8 Å². The molecule has 1 aromatic carbocycles. The molecule has 1 atom stereocenters. The molecule has 106 valence electrons. The van der Waals surface area contributed by atoms with Crippen LogP contribution in [-0.4, -0.2) is 28.6 Å². The first-order valence-electron chi connectivity index (χ1n) is 6.81. The van der Waals surface area contributed by atoms with E-state index in [0.29, 0.717) is 15.6 Å². The number of aliphatic hydroxyl groups is 1. The van der Waals surface area contributed by atoms with E-state index < -0.39 is 6.10 Å². The highest BCUT2D eigenvalue weighted by molar-refractivity contribution is 6.33. The first kappa shape index (κ1) is 15.1. The summed E-state index contributed by atoms with van der Waals surface area (Å²) < 4.78 is 0. The SMILES string of the molecule is CC(C)(C(O)c1cc(Cl)ccc1Cl)N1CCCCC1. The van der Waals surface area contributed by atoms with Crippen molar-refractivity contribution < 1.29 is 5.11 Å². The normalized spacial score (nSPS) is 19.4. The molecular formula is C15H21Cl2NO. The fraction of sp³-hybridized carbons (Fsp3) is 0.600. The van der Waals surface area contributed by atoms with Crippen molar-refractivity contribution >= 4 is 23.2 Å². The molecule has 0 spiro atoms. The fourth-order valence-corrected chi connectivity index (χ4v) is 3.15. The summed E-state index contributed by atoms with van der Waals surface area (Å²) in [6, 6.07) is 5.25. The average Bonchev–Trinajstić information content (AvgIpc) is 2.41. The molecule has 1 aliphatic rings. The van der Waals surface area contributed by atoms with Gasteiger partial charge in [0, 0.05) is 21.1 Å². The molecular weight excluding hydrogens is 281 g/mol. The van der Waals surface area contributed by atoms with Gasteiger partial charge in [-0.25, -0.2) is 0 Å². The molecule has 0 saturated carbocycles. The smallest absolute Gasteiger partial charge is 0.0983 e. The van der Waals surface area contributed by atoms with Crippen LogP contribution >= 0.6 is 23.2 Å². The van der Waals surface area contributed by atoms with Gasteiger partial charge in [-0.05, 0) is 58.0 Å². The molecule has 1 aromatic rings. The molecule has 1 saturated heterocycles. The standard InChI is InChI=1S/C15H21Cl2NO/c1-15(2,18-8-4-3-5-9-18)14(19)12-10-11(16)6-7-13(12)17/h6-7,10,14,19H,3-5,8-9H2,1-2H3. The van der Waals surface area contributed by atoms with Gasteiger partial charge in [-0.15, -0.1) is 0 Å². The maximum Gasteiger partial charge on any atom is 0.0983 e. The van der Waals surface area contributed by atoms with E-state index in [1.54, 1.807) is 18.2 Å². The van der Waals surface area contributed by atoms with Crippen molar-refractivity contribution in [2.75, 3.05) is 13.1 Å². The van der Waals surface area contributed by atoms with Crippen molar-refractivity contribution in [3.63, 3.8) is 0 Å². The molecule has 0 amide bonds. The zero-order valence-electron chi connectivity index (χ0n) is 11.5. The number of piperidine rings is 1. The maximum absolute atomic E-state index is 10.7. The second kappa shape index (κ2) is 6.01. The minimum atomic E-state index is -0.642. The summed E-state index contributed by atoms with van der Waals surface area (Å²) in [5.74, 6) is 0. The summed E-state index contributed by atoms with van der Waals surface area (Å²) >= 11 is 12.2. The molecule has 1 aliphatic heterocycles. The highest BCUT2D eigenvalue weighted by atomic mass is 35.5. The molecule has 0 aliphatic carbocycles. The lowest BCUT2D eigenvalue weighted by Gasteiger charge is -2.44. The van der Waals surface area contributed by atoms with E-state index >= 15 is 0 Å². The Kier molecular flexibility index (Phi) is 4.78. The minimum absolute atomic E-state index is 0.339. The van der Waals surface area contributed by atoms with E-state index in [9.17, 15) is 5.11 Å². The van der Waals surface area contributed by atoms with E-state index in [-0.39, 0.29) is 5.54 Å². The summed E-state index contributed by atoms with van der Waals surface area (Å²) in [4.78, 5) is 2.35. The molecule has 0 bridgehead atoms. The van der Waals surface area contributed by atoms with Crippen LogP contribution in [0, 0.1) is 0 Å². The van der Waals surface area contributed by atoms with Gasteiger partial charge in [0.05, 0.1) is 6.10 Å². The van der Waals surface area contributed by atoms with Gasteiger partial charge in [0.25, 0.3) is 0 Å². The second-order valence-electron chi connectivity index (χ2n) is 5.77. The molecule has 4 heteroatoms. The highest BCUT2D eigenvalue weighted by Gasteiger charge is 2.36. The Morgan fingerprint density at radius 1 is 1.16 bits per heavy atom. The minimum Gasteiger partial charge on any atom is -0.386 e. The number of benzene rings is 1. The van der Waals surface area contributed by atoms with Crippen LogP contribution in [0.15, 0.2) is 18.2 Å². The summed E-state index contributed by atoms with van der Waals surface area (Å²) in [7, 11) is 0. The molecule has 0 radical (unpaired) electrons. The predicted octanol–water partition coefficient (Wildman–Crippen LogP) is 4.29. The number of rotatable bonds is 3. The molecule has 1 N–H and O–H groups in total. The summed E-state index contributed by atoms with van der Waals surface area (Å²) in [5.41, 5.74) is 0.374. The number of likely N-dealkylation sites (tertiary alicyclic amines) is 1. The lowest BCUT2D eigenvalue weighted by molar-refractivity contribution is -0.0208. The van der Waals surface area contributed by atoms with E-state index in [2.05, 4.69) is 18.7 Å². The summed E-state index contributed by atoms with van der Waals surface area (Å²) in [6.07, 6.45) is 3.02. The van der Waals surface area contributed by atoms with Crippen LogP contribution in [0.4, 0.5) is 0 Å². The third-order valence-electron chi connectivity index (χ3n) is 4.09. The topological polar surface area (TPSA) is 23.5 Å². The van der Waals surface area contributed by atoms with E-state index in [1.165, 1.54) is 19.3 Å². The number of hydrogen-bond donors (Lipinski definition) is 1. The summed E-state index contributed by atoms with van der Waals surface area (Å²) in [5, 5.41) is 11.9. The number of aliphatic hydroxyl groups excluding tert-OH is 1. The van der Waals surface area contributed by atoms with Crippen LogP contribution < -0.4 is 0 Å². The van der Waals surface area contributed by atoms with Crippen LogP contribution in [0.25, 0.3) is 0 Å². The monoisotopic (exact) mass is 301 g/mol. The molecule has 1 heterocycles. The Balaban J connectivity index is 2.25. The van der Waals surface area contributed by atoms with Crippen LogP contribution in [-0.2, 0) is 0 Å². The van der Waals surface area contributed by atoms with Crippen LogP contribution in [0.5, 0.6) is 0 Å². The first-order valence-corrected chi connectivity index (χ1v) is 7.56. The van der Waals surface area contributed by atoms with Gasteiger partial charge in [-0.2, -0.15) is 0 Å². The van der Waals surface area contributed by atoms with Gasteiger partial charge < -0.3 is 5.11 Å². The fourth-order valence-electron chi connectivity index (χ4n) is 2.75. The van der Waals surface area contributed by atoms with Gasteiger partial charge in [-0.1, -0.05) is 29.6 Å². The molecule has 1 unspecified atom stereocenters. The van der Waals surface area contributed by atoms with Gasteiger partial charge in [0.2, 0.25) is 0 Å². The number of hydrogen-bond acceptors (Lipinski definition) is 2. The lowest BCUT2D eigenvalue weighted by atomic mass is 9.88. The van der Waals surface area contributed by atoms with Gasteiger partial charge in [-0.3, -0.25) is 4.90 Å². The lowest BCUT2D eigenvalue weighted by Crippen LogP contribution is -2.50. The second-order valence-corrected chi connectivity index (χ2v) is 6.61. The van der Waals surface area contributed by atoms with E-state index in [4.69, 9.17) is 23.2 Å². The molecule has 0 aromatic heterocycles. The third-order valence-corrected chi connectivity index (χ3v) is 4.67. The van der Waals surface area contributed by atoms with Crippen LogP contribution in [0.2, 0.25) is 10.0 Å². The Morgan fingerprint density at radius 3 is 2.42 bits per heavy atom. The predicted molar refractivity (Wildman–Crippen MR) is 80.9 cm³/mol. The maximum atomic E-state index is 10.7. The van der Waals surface area contributed by atoms with E-state index in [0.717, 1.165) is 13.1 Å². The molecule has 1 fully saturated rings.